The number of rotatable bonds is 4. The third kappa shape index (κ3) is 3.03. The number of hydrogen-bond acceptors (Lipinski definition) is 4. The highest BCUT2D eigenvalue weighted by Crippen LogP contribution is 2.23. The van der Waals surface area contributed by atoms with Gasteiger partial charge in [0.05, 0.1) is 16.8 Å². The summed E-state index contributed by atoms with van der Waals surface area (Å²) in [5, 5.41) is 16.6. The maximum Gasteiger partial charge on any atom is 0.0959 e. The van der Waals surface area contributed by atoms with E-state index in [0.29, 0.717) is 6.42 Å². The van der Waals surface area contributed by atoms with Crippen LogP contribution in [0.4, 0.5) is 0 Å². The van der Waals surface area contributed by atoms with Crippen molar-refractivity contribution in [2.45, 2.75) is 31.4 Å². The average Bonchev–Trinajstić information content (AvgIpc) is 3.11. The van der Waals surface area contributed by atoms with Gasteiger partial charge in [0.15, 0.2) is 0 Å². The van der Waals surface area contributed by atoms with Crippen LogP contribution < -0.4 is 5.32 Å². The molecule has 0 bridgehead atoms. The molecule has 0 radical (unpaired) electrons. The first-order valence-electron chi connectivity index (χ1n) is 6.74. The van der Waals surface area contributed by atoms with Gasteiger partial charge in [0.25, 0.3) is 0 Å². The van der Waals surface area contributed by atoms with Gasteiger partial charge in [-0.2, -0.15) is 0 Å². The number of benzene rings is 1. The largest absolute Gasteiger partial charge is 0.391 e. The van der Waals surface area contributed by atoms with E-state index < -0.39 is 0 Å². The minimum Gasteiger partial charge on any atom is -0.391 e. The van der Waals surface area contributed by atoms with Crippen LogP contribution in [0.5, 0.6) is 0 Å². The Labute approximate surface area is 117 Å². The fraction of sp³-hybridized carbons (Fsp3) is 0.400. The third-order valence-electron chi connectivity index (χ3n) is 3.57. The molecule has 1 aromatic carbocycles. The van der Waals surface area contributed by atoms with Crippen molar-refractivity contribution in [2.75, 3.05) is 6.54 Å². The van der Waals surface area contributed by atoms with Crippen molar-refractivity contribution in [3.8, 4) is 11.3 Å². The molecule has 1 saturated heterocycles. The average molecular weight is 274 g/mol. The van der Waals surface area contributed by atoms with Crippen LogP contribution in [0.25, 0.3) is 11.3 Å². The molecule has 1 aromatic heterocycles. The van der Waals surface area contributed by atoms with Crippen molar-refractivity contribution < 1.29 is 5.11 Å². The minimum atomic E-state index is -0.322. The summed E-state index contributed by atoms with van der Waals surface area (Å²) >= 11 is 1.63. The third-order valence-corrected chi connectivity index (χ3v) is 4.44. The zero-order chi connectivity index (χ0) is 13.1. The van der Waals surface area contributed by atoms with E-state index in [1.165, 1.54) is 0 Å². The molecule has 2 atom stereocenters. The van der Waals surface area contributed by atoms with Gasteiger partial charge in [0, 0.05) is 23.4 Å². The van der Waals surface area contributed by atoms with Gasteiger partial charge in [-0.1, -0.05) is 30.3 Å². The molecule has 0 saturated carbocycles. The predicted octanol–water partition coefficient (Wildman–Crippen LogP) is 2.47. The first-order chi connectivity index (χ1) is 9.33. The lowest BCUT2D eigenvalue weighted by atomic mass is 10.1. The molecule has 2 heterocycles. The van der Waals surface area contributed by atoms with Crippen molar-refractivity contribution in [3.63, 3.8) is 0 Å². The van der Waals surface area contributed by atoms with Gasteiger partial charge in [-0.05, 0) is 19.4 Å². The van der Waals surface area contributed by atoms with Crippen LogP contribution in [-0.4, -0.2) is 28.8 Å². The molecule has 1 aliphatic rings. The molecule has 3 rings (SSSR count). The van der Waals surface area contributed by atoms with Crippen LogP contribution >= 0.6 is 11.3 Å². The number of aromatic nitrogens is 1. The molecule has 0 aliphatic carbocycles. The lowest BCUT2D eigenvalue weighted by Gasteiger charge is -2.16. The normalized spacial score (nSPS) is 20.6. The summed E-state index contributed by atoms with van der Waals surface area (Å²) in [5.41, 5.74) is 2.14. The molecule has 2 N–H and O–H groups in total. The molecule has 3 nitrogen and oxygen atoms in total. The van der Waals surface area contributed by atoms with Crippen LogP contribution in [0.1, 0.15) is 17.8 Å². The highest BCUT2D eigenvalue weighted by atomic mass is 32.1. The Hall–Kier alpha value is -1.23. The van der Waals surface area contributed by atoms with E-state index in [0.717, 1.165) is 35.7 Å². The Bertz CT molecular complexity index is 520. The number of aliphatic hydroxyl groups excluding tert-OH is 1. The van der Waals surface area contributed by atoms with Gasteiger partial charge in [-0.3, -0.25) is 0 Å². The Morgan fingerprint density at radius 2 is 2.21 bits per heavy atom. The Kier molecular flexibility index (Phi) is 3.92. The van der Waals surface area contributed by atoms with Crippen LogP contribution in [0.2, 0.25) is 0 Å². The fourth-order valence-corrected chi connectivity index (χ4v) is 3.36. The molecule has 1 fully saturated rings. The molecule has 1 aliphatic heterocycles. The highest BCUT2D eigenvalue weighted by Gasteiger charge is 2.23. The van der Waals surface area contributed by atoms with Crippen LogP contribution in [0.3, 0.4) is 0 Å². The summed E-state index contributed by atoms with van der Waals surface area (Å²) in [6.07, 6.45) is 2.56. The van der Waals surface area contributed by atoms with Gasteiger partial charge < -0.3 is 10.4 Å². The monoisotopic (exact) mass is 274 g/mol. The predicted molar refractivity (Wildman–Crippen MR) is 78.3 cm³/mol. The van der Waals surface area contributed by atoms with E-state index in [1.807, 2.05) is 18.2 Å². The van der Waals surface area contributed by atoms with E-state index in [9.17, 15) is 5.11 Å². The van der Waals surface area contributed by atoms with E-state index in [4.69, 9.17) is 0 Å². The van der Waals surface area contributed by atoms with Gasteiger partial charge in [-0.25, -0.2) is 4.98 Å². The fourth-order valence-electron chi connectivity index (χ4n) is 2.51. The van der Waals surface area contributed by atoms with Crippen LogP contribution in [0, 0.1) is 0 Å². The number of thiazole rings is 1. The SMILES string of the molecule is OC(Cc1nc(-c2ccccc2)cs1)C1CCCN1. The van der Waals surface area contributed by atoms with E-state index in [1.54, 1.807) is 11.3 Å². The van der Waals surface area contributed by atoms with Crippen molar-refractivity contribution >= 4 is 11.3 Å². The molecular formula is C15H18N2OS. The van der Waals surface area contributed by atoms with E-state index >= 15 is 0 Å². The van der Waals surface area contributed by atoms with Gasteiger partial charge in [-0.15, -0.1) is 11.3 Å². The standard InChI is InChI=1S/C15H18N2OS/c18-14(12-7-4-8-16-12)9-15-17-13(10-19-15)11-5-2-1-3-6-11/h1-3,5-6,10,12,14,16,18H,4,7-9H2. The van der Waals surface area contributed by atoms with Crippen molar-refractivity contribution in [2.24, 2.45) is 0 Å². The van der Waals surface area contributed by atoms with Gasteiger partial charge in [0.1, 0.15) is 0 Å². The molecule has 0 amide bonds. The molecule has 2 unspecified atom stereocenters. The zero-order valence-electron chi connectivity index (χ0n) is 10.7. The summed E-state index contributed by atoms with van der Waals surface area (Å²) in [6, 6.07) is 10.4. The van der Waals surface area contributed by atoms with E-state index in [-0.39, 0.29) is 12.1 Å². The van der Waals surface area contributed by atoms with Gasteiger partial charge >= 0.3 is 0 Å². The molecule has 100 valence electrons. The quantitative estimate of drug-likeness (QED) is 0.900. The van der Waals surface area contributed by atoms with Crippen molar-refractivity contribution in [1.29, 1.82) is 0 Å². The first kappa shape index (κ1) is 12.8. The zero-order valence-corrected chi connectivity index (χ0v) is 11.6. The molecule has 0 spiro atoms. The summed E-state index contributed by atoms with van der Waals surface area (Å²) in [4.78, 5) is 4.62. The second-order valence-electron chi connectivity index (χ2n) is 4.97. The number of aliphatic hydroxyl groups is 1. The molecule has 19 heavy (non-hydrogen) atoms. The Morgan fingerprint density at radius 1 is 1.37 bits per heavy atom. The molecular weight excluding hydrogens is 256 g/mol. The smallest absolute Gasteiger partial charge is 0.0959 e. The van der Waals surface area contributed by atoms with Gasteiger partial charge in [0.2, 0.25) is 0 Å². The number of nitrogens with zero attached hydrogens (tertiary/aromatic N) is 1. The molecule has 2 aromatic rings. The summed E-state index contributed by atoms with van der Waals surface area (Å²) in [7, 11) is 0. The second-order valence-corrected chi connectivity index (χ2v) is 5.91. The van der Waals surface area contributed by atoms with Crippen molar-refractivity contribution in [3.05, 3.63) is 40.7 Å². The Balaban J connectivity index is 1.68. The second kappa shape index (κ2) is 5.82. The number of nitrogens with one attached hydrogen (secondary N) is 1. The van der Waals surface area contributed by atoms with Crippen molar-refractivity contribution in [1.82, 2.24) is 10.3 Å². The minimum absolute atomic E-state index is 0.240. The summed E-state index contributed by atoms with van der Waals surface area (Å²) < 4.78 is 0. The summed E-state index contributed by atoms with van der Waals surface area (Å²) in [6.45, 7) is 1.02. The highest BCUT2D eigenvalue weighted by molar-refractivity contribution is 7.09. The molecule has 4 heteroatoms. The Morgan fingerprint density at radius 3 is 2.95 bits per heavy atom. The van der Waals surface area contributed by atoms with E-state index in [2.05, 4.69) is 27.8 Å². The maximum absolute atomic E-state index is 10.2. The topological polar surface area (TPSA) is 45.2 Å². The first-order valence-corrected chi connectivity index (χ1v) is 7.62. The lowest BCUT2D eigenvalue weighted by Crippen LogP contribution is -2.36. The number of hydrogen-bond donors (Lipinski definition) is 2. The van der Waals surface area contributed by atoms with Crippen LogP contribution in [-0.2, 0) is 6.42 Å². The summed E-state index contributed by atoms with van der Waals surface area (Å²) in [5.74, 6) is 0. The van der Waals surface area contributed by atoms with Crippen LogP contribution in [0.15, 0.2) is 35.7 Å². The maximum atomic E-state index is 10.2. The lowest BCUT2D eigenvalue weighted by molar-refractivity contribution is 0.136.